The lowest BCUT2D eigenvalue weighted by molar-refractivity contribution is 0.102. The van der Waals surface area contributed by atoms with E-state index in [-0.39, 0.29) is 11.4 Å². The van der Waals surface area contributed by atoms with E-state index in [9.17, 15) is 9.18 Å². The van der Waals surface area contributed by atoms with Crippen LogP contribution in [0, 0.1) is 12.7 Å². The summed E-state index contributed by atoms with van der Waals surface area (Å²) in [6, 6.07) is 13.3. The van der Waals surface area contributed by atoms with Gasteiger partial charge in [-0.05, 0) is 38.1 Å². The van der Waals surface area contributed by atoms with Crippen LogP contribution in [0.5, 0.6) is 5.75 Å². The molecule has 3 aromatic rings. The van der Waals surface area contributed by atoms with Crippen molar-refractivity contribution in [3.8, 4) is 11.4 Å². The van der Waals surface area contributed by atoms with E-state index in [2.05, 4.69) is 15.6 Å². The molecule has 7 heteroatoms. The van der Waals surface area contributed by atoms with Gasteiger partial charge in [0.05, 0.1) is 18.0 Å². The van der Waals surface area contributed by atoms with Crippen molar-refractivity contribution in [2.75, 3.05) is 11.9 Å². The van der Waals surface area contributed by atoms with Gasteiger partial charge in [0.15, 0.2) is 5.69 Å². The van der Waals surface area contributed by atoms with Gasteiger partial charge in [-0.1, -0.05) is 29.5 Å². The molecule has 2 aromatic carbocycles. The van der Waals surface area contributed by atoms with E-state index in [1.165, 1.54) is 16.8 Å². The van der Waals surface area contributed by atoms with Crippen molar-refractivity contribution >= 4 is 11.6 Å². The molecule has 0 atom stereocenters. The van der Waals surface area contributed by atoms with E-state index < -0.39 is 11.7 Å². The largest absolute Gasteiger partial charge is 0.492 e. The maximum atomic E-state index is 13.7. The molecule has 1 heterocycles. The topological polar surface area (TPSA) is 69.0 Å². The molecule has 0 aliphatic rings. The molecule has 1 aromatic heterocycles. The third-order valence-corrected chi connectivity index (χ3v) is 3.62. The molecule has 1 N–H and O–H groups in total. The Morgan fingerprint density at radius 2 is 1.92 bits per heavy atom. The van der Waals surface area contributed by atoms with E-state index >= 15 is 0 Å². The SMILES string of the molecule is CCOc1ccccc1-n1nnc(C(=O)Nc2ccccc2F)c1C. The Bertz CT molecular complexity index is 908. The van der Waals surface area contributed by atoms with Gasteiger partial charge < -0.3 is 10.1 Å². The number of nitrogens with one attached hydrogen (secondary N) is 1. The number of rotatable bonds is 5. The van der Waals surface area contributed by atoms with Crippen LogP contribution in [0.2, 0.25) is 0 Å². The minimum Gasteiger partial charge on any atom is -0.492 e. The molecule has 0 saturated carbocycles. The van der Waals surface area contributed by atoms with Crippen LogP contribution in [0.4, 0.5) is 10.1 Å². The standard InChI is InChI=1S/C18H17FN4O2/c1-3-25-16-11-7-6-10-15(16)23-12(2)17(21-22-23)18(24)20-14-9-5-4-8-13(14)19/h4-11H,3H2,1-2H3,(H,20,24). The fourth-order valence-corrected chi connectivity index (χ4v) is 2.42. The quantitative estimate of drug-likeness (QED) is 0.773. The van der Waals surface area contributed by atoms with Crippen LogP contribution >= 0.6 is 0 Å². The second-order valence-electron chi connectivity index (χ2n) is 5.27. The number of ether oxygens (including phenoxy) is 1. The van der Waals surface area contributed by atoms with Crippen molar-refractivity contribution in [1.82, 2.24) is 15.0 Å². The number of hydrogen-bond donors (Lipinski definition) is 1. The average Bonchev–Trinajstić information content (AvgIpc) is 2.99. The molecular formula is C18H17FN4O2. The lowest BCUT2D eigenvalue weighted by Crippen LogP contribution is -2.15. The van der Waals surface area contributed by atoms with Crippen LogP contribution in [0.25, 0.3) is 5.69 Å². The zero-order valence-electron chi connectivity index (χ0n) is 13.9. The number of para-hydroxylation sites is 3. The summed E-state index contributed by atoms with van der Waals surface area (Å²) in [6.45, 7) is 4.11. The fraction of sp³-hybridized carbons (Fsp3) is 0.167. The summed E-state index contributed by atoms with van der Waals surface area (Å²) in [5.74, 6) is -0.399. The number of nitrogens with zero attached hydrogens (tertiary/aromatic N) is 3. The first-order valence-electron chi connectivity index (χ1n) is 7.82. The first-order chi connectivity index (χ1) is 12.1. The molecule has 0 fully saturated rings. The van der Waals surface area contributed by atoms with Crippen LogP contribution in [-0.2, 0) is 0 Å². The summed E-state index contributed by atoms with van der Waals surface area (Å²) in [7, 11) is 0. The number of carbonyl (C=O) groups excluding carboxylic acids is 1. The van der Waals surface area contributed by atoms with Crippen molar-refractivity contribution in [1.29, 1.82) is 0 Å². The highest BCUT2D eigenvalue weighted by molar-refractivity contribution is 6.03. The Labute approximate surface area is 144 Å². The van der Waals surface area contributed by atoms with Crippen molar-refractivity contribution in [2.24, 2.45) is 0 Å². The number of anilines is 1. The Kier molecular flexibility index (Phi) is 4.74. The van der Waals surface area contributed by atoms with Crippen LogP contribution in [0.3, 0.4) is 0 Å². The van der Waals surface area contributed by atoms with E-state index in [0.29, 0.717) is 23.7 Å². The molecule has 0 spiro atoms. The Balaban J connectivity index is 1.91. The molecule has 0 unspecified atom stereocenters. The molecule has 0 saturated heterocycles. The first-order valence-corrected chi connectivity index (χ1v) is 7.82. The highest BCUT2D eigenvalue weighted by Gasteiger charge is 2.20. The number of carbonyl (C=O) groups is 1. The van der Waals surface area contributed by atoms with Crippen LogP contribution in [0.15, 0.2) is 48.5 Å². The summed E-state index contributed by atoms with van der Waals surface area (Å²) < 4.78 is 20.8. The number of halogens is 1. The van der Waals surface area contributed by atoms with Gasteiger partial charge in [0, 0.05) is 0 Å². The van der Waals surface area contributed by atoms with Gasteiger partial charge in [0.2, 0.25) is 0 Å². The molecule has 25 heavy (non-hydrogen) atoms. The van der Waals surface area contributed by atoms with Crippen molar-refractivity contribution < 1.29 is 13.9 Å². The Morgan fingerprint density at radius 3 is 2.68 bits per heavy atom. The summed E-state index contributed by atoms with van der Waals surface area (Å²) in [4.78, 5) is 12.4. The molecule has 0 bridgehead atoms. The molecule has 3 rings (SSSR count). The van der Waals surface area contributed by atoms with Crippen LogP contribution in [-0.4, -0.2) is 27.5 Å². The van der Waals surface area contributed by atoms with E-state index in [0.717, 1.165) is 0 Å². The van der Waals surface area contributed by atoms with E-state index in [1.54, 1.807) is 19.1 Å². The molecule has 0 radical (unpaired) electrons. The van der Waals surface area contributed by atoms with Crippen molar-refractivity contribution in [2.45, 2.75) is 13.8 Å². The van der Waals surface area contributed by atoms with E-state index in [4.69, 9.17) is 4.74 Å². The molecular weight excluding hydrogens is 323 g/mol. The highest BCUT2D eigenvalue weighted by Crippen LogP contribution is 2.24. The van der Waals surface area contributed by atoms with Crippen LogP contribution in [0.1, 0.15) is 23.1 Å². The zero-order chi connectivity index (χ0) is 17.8. The molecule has 0 aliphatic carbocycles. The number of amides is 1. The molecule has 0 aliphatic heterocycles. The van der Waals surface area contributed by atoms with Gasteiger partial charge in [0.25, 0.3) is 5.91 Å². The van der Waals surface area contributed by atoms with Gasteiger partial charge >= 0.3 is 0 Å². The average molecular weight is 340 g/mol. The second-order valence-corrected chi connectivity index (χ2v) is 5.27. The summed E-state index contributed by atoms with van der Waals surface area (Å²) >= 11 is 0. The fourth-order valence-electron chi connectivity index (χ4n) is 2.42. The summed E-state index contributed by atoms with van der Waals surface area (Å²) in [5.41, 5.74) is 1.42. The Hall–Kier alpha value is -3.22. The van der Waals surface area contributed by atoms with Crippen molar-refractivity contribution in [3.05, 3.63) is 65.7 Å². The van der Waals surface area contributed by atoms with Gasteiger partial charge in [-0.2, -0.15) is 0 Å². The van der Waals surface area contributed by atoms with Crippen LogP contribution < -0.4 is 10.1 Å². The number of hydrogen-bond acceptors (Lipinski definition) is 4. The minimum atomic E-state index is -0.525. The smallest absolute Gasteiger partial charge is 0.278 e. The molecule has 1 amide bonds. The maximum absolute atomic E-state index is 13.7. The van der Waals surface area contributed by atoms with Gasteiger partial charge in [-0.3, -0.25) is 4.79 Å². The van der Waals surface area contributed by atoms with E-state index in [1.807, 2.05) is 31.2 Å². The minimum absolute atomic E-state index is 0.0937. The normalized spacial score (nSPS) is 10.5. The number of benzene rings is 2. The predicted molar refractivity (Wildman–Crippen MR) is 91.6 cm³/mol. The monoisotopic (exact) mass is 340 g/mol. The van der Waals surface area contributed by atoms with Gasteiger partial charge in [0.1, 0.15) is 17.3 Å². The third-order valence-electron chi connectivity index (χ3n) is 3.62. The van der Waals surface area contributed by atoms with Gasteiger partial charge in [-0.15, -0.1) is 5.10 Å². The second kappa shape index (κ2) is 7.12. The molecule has 6 nitrogen and oxygen atoms in total. The lowest BCUT2D eigenvalue weighted by atomic mass is 10.2. The van der Waals surface area contributed by atoms with Gasteiger partial charge in [-0.25, -0.2) is 9.07 Å². The summed E-state index contributed by atoms with van der Waals surface area (Å²) in [5, 5.41) is 10.5. The number of aromatic nitrogens is 3. The predicted octanol–water partition coefficient (Wildman–Crippen LogP) is 3.37. The van der Waals surface area contributed by atoms with Crippen molar-refractivity contribution in [3.63, 3.8) is 0 Å². The lowest BCUT2D eigenvalue weighted by Gasteiger charge is -2.10. The highest BCUT2D eigenvalue weighted by atomic mass is 19.1. The Morgan fingerprint density at radius 1 is 1.20 bits per heavy atom. The maximum Gasteiger partial charge on any atom is 0.278 e. The molecule has 128 valence electrons. The zero-order valence-corrected chi connectivity index (χ0v) is 13.9. The summed E-state index contributed by atoms with van der Waals surface area (Å²) in [6.07, 6.45) is 0. The third kappa shape index (κ3) is 3.35. The first kappa shape index (κ1) is 16.6.